The van der Waals surface area contributed by atoms with Crippen molar-refractivity contribution in [3.63, 3.8) is 0 Å². The molecule has 0 unspecified atom stereocenters. The summed E-state index contributed by atoms with van der Waals surface area (Å²) < 4.78 is 39.6. The quantitative estimate of drug-likeness (QED) is 0.510. The van der Waals surface area contributed by atoms with E-state index in [9.17, 15) is 28.1 Å². The van der Waals surface area contributed by atoms with Gasteiger partial charge in [0, 0.05) is 21.6 Å². The first-order valence-corrected chi connectivity index (χ1v) is 7.25. The Morgan fingerprint density at radius 1 is 1.08 bits per heavy atom. The molecule has 0 saturated carbocycles. The maximum absolute atomic E-state index is 13.4. The summed E-state index contributed by atoms with van der Waals surface area (Å²) >= 11 is 5.69. The first-order valence-electron chi connectivity index (χ1n) is 6.87. The van der Waals surface area contributed by atoms with E-state index in [0.717, 1.165) is 12.1 Å². The first-order chi connectivity index (χ1) is 11.7. The van der Waals surface area contributed by atoms with E-state index < -0.39 is 33.6 Å². The molecule has 0 N–H and O–H groups in total. The Morgan fingerprint density at radius 2 is 1.68 bits per heavy atom. The molecule has 0 atom stereocenters. The molecule has 0 spiro atoms. The number of benzene rings is 2. The maximum Gasteiger partial charge on any atom is 0.438 e. The van der Waals surface area contributed by atoms with Crippen LogP contribution in [0.25, 0.3) is 11.0 Å². The molecule has 0 aliphatic heterocycles. The van der Waals surface area contributed by atoms with Gasteiger partial charge in [0.15, 0.2) is 0 Å². The molecule has 0 bridgehead atoms. The third-order valence-corrected chi connectivity index (χ3v) is 3.79. The van der Waals surface area contributed by atoms with E-state index in [0.29, 0.717) is 0 Å². The Kier molecular flexibility index (Phi) is 4.00. The van der Waals surface area contributed by atoms with Crippen LogP contribution in [-0.4, -0.2) is 10.5 Å². The van der Waals surface area contributed by atoms with Gasteiger partial charge in [0.1, 0.15) is 5.52 Å². The zero-order valence-corrected chi connectivity index (χ0v) is 13.0. The normalized spacial score (nSPS) is 11.7. The van der Waals surface area contributed by atoms with Gasteiger partial charge >= 0.3 is 11.9 Å². The van der Waals surface area contributed by atoms with Crippen molar-refractivity contribution in [1.82, 2.24) is 4.73 Å². The van der Waals surface area contributed by atoms with E-state index in [1.807, 2.05) is 0 Å². The molecule has 25 heavy (non-hydrogen) atoms. The van der Waals surface area contributed by atoms with Crippen molar-refractivity contribution in [2.75, 3.05) is 0 Å². The van der Waals surface area contributed by atoms with Crippen molar-refractivity contribution in [2.24, 2.45) is 0 Å². The summed E-state index contributed by atoms with van der Waals surface area (Å²) in [5, 5.41) is 12.5. The van der Waals surface area contributed by atoms with E-state index in [4.69, 9.17) is 11.6 Å². The second-order valence-corrected chi connectivity index (χ2v) is 5.54. The molecule has 0 aliphatic carbocycles. The van der Waals surface area contributed by atoms with Crippen molar-refractivity contribution in [3.8, 4) is 0 Å². The van der Waals surface area contributed by atoms with Gasteiger partial charge in [-0.25, -0.2) is 0 Å². The SMILES string of the molecule is O=C(c1ccc(Cl)cc1)c1c(C(F)(F)F)n([O-])c2ccccc2[n+]1=O. The van der Waals surface area contributed by atoms with Crippen molar-refractivity contribution < 1.29 is 22.4 Å². The van der Waals surface area contributed by atoms with Gasteiger partial charge in [-0.05, 0) is 30.3 Å². The van der Waals surface area contributed by atoms with E-state index >= 15 is 0 Å². The van der Waals surface area contributed by atoms with E-state index in [2.05, 4.69) is 0 Å². The van der Waals surface area contributed by atoms with Gasteiger partial charge in [-0.1, -0.05) is 23.7 Å². The molecule has 0 aliphatic rings. The van der Waals surface area contributed by atoms with Gasteiger partial charge in [-0.2, -0.15) is 13.2 Å². The fraction of sp³-hybridized carbons (Fsp3) is 0.0625. The highest BCUT2D eigenvalue weighted by Gasteiger charge is 2.45. The minimum absolute atomic E-state index is 0.163. The van der Waals surface area contributed by atoms with Crippen LogP contribution in [0.3, 0.4) is 0 Å². The van der Waals surface area contributed by atoms with Gasteiger partial charge < -0.3 is 9.94 Å². The summed E-state index contributed by atoms with van der Waals surface area (Å²) in [4.78, 5) is 25.0. The highest BCUT2D eigenvalue weighted by atomic mass is 35.5. The second-order valence-electron chi connectivity index (χ2n) is 5.11. The number of alkyl halides is 3. The molecule has 2 aromatic carbocycles. The monoisotopic (exact) mass is 368 g/mol. The van der Waals surface area contributed by atoms with Crippen LogP contribution < -0.4 is 4.43 Å². The van der Waals surface area contributed by atoms with Gasteiger partial charge in [0.05, 0.1) is 4.43 Å². The third kappa shape index (κ3) is 2.85. The number of halogens is 4. The molecule has 3 aromatic rings. The third-order valence-electron chi connectivity index (χ3n) is 3.54. The van der Waals surface area contributed by atoms with Gasteiger partial charge in [0.25, 0.3) is 11.3 Å². The van der Waals surface area contributed by atoms with Crippen molar-refractivity contribution >= 4 is 28.4 Å². The first kappa shape index (κ1) is 17.0. The minimum Gasteiger partial charge on any atom is -0.805 e. The summed E-state index contributed by atoms with van der Waals surface area (Å²) in [7, 11) is 0. The van der Waals surface area contributed by atoms with E-state index in [-0.39, 0.29) is 20.5 Å². The molecule has 0 saturated heterocycles. The molecule has 5 nitrogen and oxygen atoms in total. The Morgan fingerprint density at radius 3 is 2.28 bits per heavy atom. The molecule has 9 heteroatoms. The highest BCUT2D eigenvalue weighted by Crippen LogP contribution is 2.33. The number of fused-ring (bicyclic) bond motifs is 1. The number of aromatic nitrogens is 2. The lowest BCUT2D eigenvalue weighted by Crippen LogP contribution is -2.34. The van der Waals surface area contributed by atoms with Crippen LogP contribution in [0.1, 0.15) is 21.7 Å². The van der Waals surface area contributed by atoms with Crippen LogP contribution in [0.5, 0.6) is 0 Å². The lowest BCUT2D eigenvalue weighted by atomic mass is 10.1. The molecule has 1 heterocycles. The fourth-order valence-electron chi connectivity index (χ4n) is 2.43. The highest BCUT2D eigenvalue weighted by molar-refractivity contribution is 6.30. The molecule has 3 rings (SSSR count). The number of hydrogen-bond donors (Lipinski definition) is 0. The van der Waals surface area contributed by atoms with Crippen LogP contribution in [0.2, 0.25) is 5.02 Å². The Labute approximate surface area is 143 Å². The lowest BCUT2D eigenvalue weighted by molar-refractivity contribution is -0.470. The van der Waals surface area contributed by atoms with E-state index in [1.165, 1.54) is 36.4 Å². The standard InChI is InChI=1S/C16H8ClF3N2O3/c17-10-7-5-9(6-8-10)14(23)13-15(16(18,19)20)22(25)12-4-2-1-3-11(12)21(13)24/h1-8H. The summed E-state index contributed by atoms with van der Waals surface area (Å²) in [6, 6.07) is 9.87. The summed E-state index contributed by atoms with van der Waals surface area (Å²) in [6.45, 7) is 0. The molecule has 0 radical (unpaired) electrons. The molecular weight excluding hydrogens is 361 g/mol. The summed E-state index contributed by atoms with van der Waals surface area (Å²) in [5.74, 6) is -1.23. The van der Waals surface area contributed by atoms with Crippen LogP contribution in [0.15, 0.2) is 48.5 Å². The zero-order valence-electron chi connectivity index (χ0n) is 12.2. The summed E-state index contributed by atoms with van der Waals surface area (Å²) in [6.07, 6.45) is -5.20. The van der Waals surface area contributed by atoms with Crippen LogP contribution >= 0.6 is 11.6 Å². The van der Waals surface area contributed by atoms with Gasteiger partial charge in [-0.3, -0.25) is 4.79 Å². The molecule has 0 amide bonds. The van der Waals surface area contributed by atoms with Crippen molar-refractivity contribution in [1.29, 1.82) is 0 Å². The second kappa shape index (κ2) is 5.89. The minimum atomic E-state index is -5.20. The number of hydrogen-bond acceptors (Lipinski definition) is 3. The maximum atomic E-state index is 13.4. The van der Waals surface area contributed by atoms with Crippen molar-refractivity contribution in [2.45, 2.75) is 6.18 Å². The van der Waals surface area contributed by atoms with Gasteiger partial charge in [-0.15, -0.1) is 0 Å². The lowest BCUT2D eigenvalue weighted by Gasteiger charge is -2.20. The average molecular weight is 369 g/mol. The van der Waals surface area contributed by atoms with Crippen LogP contribution in [-0.2, 0) is 6.18 Å². The molecule has 128 valence electrons. The molecule has 1 aromatic heterocycles. The van der Waals surface area contributed by atoms with E-state index in [1.54, 1.807) is 0 Å². The number of carbonyl (C=O) groups is 1. The van der Waals surface area contributed by atoms with Crippen molar-refractivity contribution in [3.05, 3.63) is 80.6 Å². The number of para-hydroxylation sites is 2. The topological polar surface area (TPSA) is 68.0 Å². The number of carbonyl (C=O) groups excluding carboxylic acids is 1. The predicted octanol–water partition coefficient (Wildman–Crippen LogP) is 3.80. The Balaban J connectivity index is 2.40. The van der Waals surface area contributed by atoms with Crippen LogP contribution in [0.4, 0.5) is 13.2 Å². The molecular formula is C16H8ClF3N2O3. The average Bonchev–Trinajstić information content (AvgIpc) is 2.57. The predicted molar refractivity (Wildman–Crippen MR) is 84.0 cm³/mol. The van der Waals surface area contributed by atoms with Crippen LogP contribution in [0, 0.1) is 10.1 Å². The zero-order chi connectivity index (χ0) is 18.4. The summed E-state index contributed by atoms with van der Waals surface area (Å²) in [5.41, 5.74) is -4.18. The fourth-order valence-corrected chi connectivity index (χ4v) is 2.55. The largest absolute Gasteiger partial charge is 0.805 e. The Bertz CT molecular complexity index is 1040. The smallest absolute Gasteiger partial charge is 0.438 e. The van der Waals surface area contributed by atoms with Gasteiger partial charge in [0.2, 0.25) is 5.69 Å². The number of nitrogens with zero attached hydrogens (tertiary/aromatic N) is 2. The number of rotatable bonds is 2. The number of ketones is 1. The molecule has 0 fully saturated rings. The Hall–Kier alpha value is -2.87.